The van der Waals surface area contributed by atoms with Gasteiger partial charge in [0, 0.05) is 0 Å². The summed E-state index contributed by atoms with van der Waals surface area (Å²) in [6.07, 6.45) is -0.990. The van der Waals surface area contributed by atoms with Crippen LogP contribution in [-0.2, 0) is 14.3 Å². The molecule has 0 aromatic carbocycles. The average molecular weight is 278 g/mol. The number of amides is 1. The number of anilines is 1. The van der Waals surface area contributed by atoms with Crippen LogP contribution in [0.3, 0.4) is 0 Å². The van der Waals surface area contributed by atoms with Crippen LogP contribution in [0.15, 0.2) is 12.1 Å². The average Bonchev–Trinajstić information content (AvgIpc) is 2.39. The van der Waals surface area contributed by atoms with E-state index in [2.05, 4.69) is 10.3 Å². The van der Waals surface area contributed by atoms with Crippen molar-refractivity contribution in [1.82, 2.24) is 4.98 Å². The topological polar surface area (TPSA) is 94.6 Å². The number of Topliss-reactive ketones (excluding diaryl/α,β-unsaturated/α-hetero) is 1. The lowest BCUT2D eigenvalue weighted by Crippen LogP contribution is -2.35. The van der Waals surface area contributed by atoms with Gasteiger partial charge >= 0.3 is 5.97 Å². The number of hydrogen-bond acceptors (Lipinski definition) is 6. The summed E-state index contributed by atoms with van der Waals surface area (Å²) in [6, 6.07) is 2.99. The first kappa shape index (κ1) is 14.0. The largest absolute Gasteiger partial charge is 0.477 e. The van der Waals surface area contributed by atoms with E-state index in [0.717, 1.165) is 0 Å². The molecular weight excluding hydrogens is 264 g/mol. The Hall–Kier alpha value is -2.44. The molecule has 0 bridgehead atoms. The van der Waals surface area contributed by atoms with Gasteiger partial charge in [-0.15, -0.1) is 0 Å². The number of fused-ring (bicyclic) bond motifs is 1. The number of nitrogens with one attached hydrogen (secondary N) is 1. The molecule has 1 amide bonds. The monoisotopic (exact) mass is 278 g/mol. The maximum Gasteiger partial charge on any atom is 0.313 e. The zero-order chi connectivity index (χ0) is 14.7. The molecule has 1 atom stereocenters. The zero-order valence-electron chi connectivity index (χ0n) is 11.1. The number of pyridine rings is 1. The minimum atomic E-state index is -0.606. The van der Waals surface area contributed by atoms with Crippen LogP contribution in [0.2, 0.25) is 0 Å². The fraction of sp³-hybridized carbons (Fsp3) is 0.385. The van der Waals surface area contributed by atoms with Gasteiger partial charge < -0.3 is 14.8 Å². The van der Waals surface area contributed by atoms with Gasteiger partial charge in [0.25, 0.3) is 5.91 Å². The van der Waals surface area contributed by atoms with Crippen molar-refractivity contribution < 1.29 is 23.9 Å². The summed E-state index contributed by atoms with van der Waals surface area (Å²) in [5.74, 6) is -0.836. The molecule has 20 heavy (non-hydrogen) atoms. The van der Waals surface area contributed by atoms with Gasteiger partial charge in [0.15, 0.2) is 23.5 Å². The summed E-state index contributed by atoms with van der Waals surface area (Å²) in [5, 5.41) is 2.54. The molecule has 0 saturated carbocycles. The molecule has 7 heteroatoms. The third-order valence-electron chi connectivity index (χ3n) is 2.67. The van der Waals surface area contributed by atoms with Crippen molar-refractivity contribution in [3.05, 3.63) is 17.8 Å². The molecule has 2 rings (SSSR count). The van der Waals surface area contributed by atoms with Crippen LogP contribution in [0, 0.1) is 0 Å². The molecule has 1 N–H and O–H groups in total. The number of ether oxygens (including phenoxy) is 2. The normalized spacial score (nSPS) is 16.7. The molecule has 1 aliphatic heterocycles. The van der Waals surface area contributed by atoms with Gasteiger partial charge in [-0.1, -0.05) is 0 Å². The Labute approximate surface area is 115 Å². The fourth-order valence-electron chi connectivity index (χ4n) is 1.68. The summed E-state index contributed by atoms with van der Waals surface area (Å²) in [6.45, 7) is 3.48. The van der Waals surface area contributed by atoms with E-state index in [9.17, 15) is 14.4 Å². The van der Waals surface area contributed by atoms with Crippen molar-refractivity contribution in [3.63, 3.8) is 0 Å². The minimum Gasteiger partial charge on any atom is -0.477 e. The van der Waals surface area contributed by atoms with Crippen LogP contribution >= 0.6 is 0 Å². The second-order valence-corrected chi connectivity index (χ2v) is 4.20. The predicted molar refractivity (Wildman–Crippen MR) is 68.5 cm³/mol. The second kappa shape index (κ2) is 5.68. The van der Waals surface area contributed by atoms with Crippen LogP contribution in [-0.4, -0.2) is 35.4 Å². The first-order chi connectivity index (χ1) is 9.51. The molecule has 0 radical (unpaired) electrons. The quantitative estimate of drug-likeness (QED) is 0.500. The van der Waals surface area contributed by atoms with Crippen LogP contribution in [0.5, 0.6) is 5.75 Å². The van der Waals surface area contributed by atoms with Crippen LogP contribution in [0.25, 0.3) is 0 Å². The van der Waals surface area contributed by atoms with Crippen molar-refractivity contribution in [3.8, 4) is 5.75 Å². The van der Waals surface area contributed by atoms with Crippen molar-refractivity contribution in [1.29, 1.82) is 0 Å². The molecular formula is C13H14N2O5. The first-order valence-corrected chi connectivity index (χ1v) is 6.18. The van der Waals surface area contributed by atoms with Gasteiger partial charge in [0.05, 0.1) is 6.61 Å². The summed E-state index contributed by atoms with van der Waals surface area (Å²) in [7, 11) is 0. The number of hydrogen-bond donors (Lipinski definition) is 1. The Kier molecular flexibility index (Phi) is 3.97. The molecule has 1 aliphatic rings. The highest BCUT2D eigenvalue weighted by molar-refractivity contribution is 6.05. The third-order valence-corrected chi connectivity index (χ3v) is 2.67. The highest BCUT2D eigenvalue weighted by atomic mass is 16.5. The highest BCUT2D eigenvalue weighted by Crippen LogP contribution is 2.27. The van der Waals surface area contributed by atoms with Crippen LogP contribution in [0.4, 0.5) is 5.82 Å². The van der Waals surface area contributed by atoms with E-state index < -0.39 is 17.9 Å². The zero-order valence-corrected chi connectivity index (χ0v) is 11.1. The molecule has 106 valence electrons. The van der Waals surface area contributed by atoms with Crippen molar-refractivity contribution in [2.24, 2.45) is 0 Å². The van der Waals surface area contributed by atoms with Crippen LogP contribution in [0.1, 0.15) is 30.8 Å². The van der Waals surface area contributed by atoms with E-state index >= 15 is 0 Å². The molecule has 0 aliphatic carbocycles. The van der Waals surface area contributed by atoms with E-state index in [1.165, 1.54) is 12.1 Å². The number of nitrogens with zero attached hydrogens (tertiary/aromatic N) is 1. The number of carbonyl (C=O) groups excluding carboxylic acids is 3. The number of aromatic nitrogens is 1. The standard InChI is InChI=1S/C13H14N2O5/c1-3-19-11(17)6-9(16)8-4-5-10-12(14-8)15-13(18)7(2)20-10/h4-5,7H,3,6H2,1-2H3,(H,14,15,18). The SMILES string of the molecule is CCOC(=O)CC(=O)c1ccc2c(n1)NC(=O)C(C)O2. The lowest BCUT2D eigenvalue weighted by Gasteiger charge is -2.22. The lowest BCUT2D eigenvalue weighted by atomic mass is 10.2. The molecule has 1 aromatic rings. The Morgan fingerprint density at radius 2 is 2.20 bits per heavy atom. The van der Waals surface area contributed by atoms with Gasteiger partial charge in [-0.05, 0) is 26.0 Å². The van der Waals surface area contributed by atoms with Crippen molar-refractivity contribution in [2.75, 3.05) is 11.9 Å². The molecule has 2 heterocycles. The smallest absolute Gasteiger partial charge is 0.313 e. The second-order valence-electron chi connectivity index (χ2n) is 4.20. The summed E-state index contributed by atoms with van der Waals surface area (Å²) < 4.78 is 10.0. The molecule has 0 saturated heterocycles. The number of esters is 1. The van der Waals surface area contributed by atoms with Crippen molar-refractivity contribution >= 4 is 23.5 Å². The van der Waals surface area contributed by atoms with Gasteiger partial charge in [-0.3, -0.25) is 14.4 Å². The molecule has 0 spiro atoms. The molecule has 1 aromatic heterocycles. The van der Waals surface area contributed by atoms with Gasteiger partial charge in [0.2, 0.25) is 0 Å². The lowest BCUT2D eigenvalue weighted by molar-refractivity contribution is -0.142. The van der Waals surface area contributed by atoms with Crippen molar-refractivity contribution in [2.45, 2.75) is 26.4 Å². The highest BCUT2D eigenvalue weighted by Gasteiger charge is 2.25. The van der Waals surface area contributed by atoms with Gasteiger partial charge in [0.1, 0.15) is 12.1 Å². The van der Waals surface area contributed by atoms with E-state index in [-0.39, 0.29) is 30.4 Å². The Morgan fingerprint density at radius 1 is 1.45 bits per heavy atom. The Balaban J connectivity index is 2.15. The first-order valence-electron chi connectivity index (χ1n) is 6.18. The number of rotatable bonds is 4. The summed E-state index contributed by atoms with van der Waals surface area (Å²) >= 11 is 0. The minimum absolute atomic E-state index is 0.0789. The Morgan fingerprint density at radius 3 is 2.90 bits per heavy atom. The molecule has 0 fully saturated rings. The predicted octanol–water partition coefficient (Wildman–Crippen LogP) is 0.937. The summed E-state index contributed by atoms with van der Waals surface area (Å²) in [5.41, 5.74) is 0.0789. The van der Waals surface area contributed by atoms with E-state index in [0.29, 0.717) is 5.75 Å². The number of ketones is 1. The molecule has 1 unspecified atom stereocenters. The maximum atomic E-state index is 11.8. The third kappa shape index (κ3) is 2.93. The van der Waals surface area contributed by atoms with E-state index in [4.69, 9.17) is 9.47 Å². The van der Waals surface area contributed by atoms with Crippen LogP contribution < -0.4 is 10.1 Å². The fourth-order valence-corrected chi connectivity index (χ4v) is 1.68. The number of carbonyl (C=O) groups is 3. The van der Waals surface area contributed by atoms with E-state index in [1.54, 1.807) is 13.8 Å². The maximum absolute atomic E-state index is 11.8. The Bertz CT molecular complexity index is 570. The van der Waals surface area contributed by atoms with Gasteiger partial charge in [-0.2, -0.15) is 0 Å². The summed E-state index contributed by atoms with van der Waals surface area (Å²) in [4.78, 5) is 38.6. The van der Waals surface area contributed by atoms with Gasteiger partial charge in [-0.25, -0.2) is 4.98 Å². The van der Waals surface area contributed by atoms with E-state index in [1.807, 2.05) is 0 Å². The molecule has 7 nitrogen and oxygen atoms in total.